The van der Waals surface area contributed by atoms with Gasteiger partial charge in [-0.05, 0) is 42.8 Å². The van der Waals surface area contributed by atoms with Gasteiger partial charge in [-0.2, -0.15) is 0 Å². The predicted molar refractivity (Wildman–Crippen MR) is 92.1 cm³/mol. The zero-order chi connectivity index (χ0) is 16.8. The van der Waals surface area contributed by atoms with E-state index in [4.69, 9.17) is 23.2 Å². The van der Waals surface area contributed by atoms with Crippen molar-refractivity contribution >= 4 is 35.0 Å². The lowest BCUT2D eigenvalue weighted by Gasteiger charge is -2.09. The zero-order valence-electron chi connectivity index (χ0n) is 12.5. The van der Waals surface area contributed by atoms with E-state index in [0.717, 1.165) is 5.56 Å². The quantitative estimate of drug-likeness (QED) is 0.864. The summed E-state index contributed by atoms with van der Waals surface area (Å²) in [6.45, 7) is 2.71. The van der Waals surface area contributed by atoms with E-state index in [1.165, 1.54) is 6.07 Å². The number of hydrogen-bond acceptors (Lipinski definition) is 2. The molecule has 2 aromatic rings. The van der Waals surface area contributed by atoms with Gasteiger partial charge < -0.3 is 10.6 Å². The van der Waals surface area contributed by atoms with Gasteiger partial charge >= 0.3 is 0 Å². The summed E-state index contributed by atoms with van der Waals surface area (Å²) in [5, 5.41) is 6.28. The number of rotatable bonds is 5. The fourth-order valence-corrected chi connectivity index (χ4v) is 2.41. The molecule has 0 unspecified atom stereocenters. The van der Waals surface area contributed by atoms with Crippen molar-refractivity contribution in [3.05, 3.63) is 69.2 Å². The van der Waals surface area contributed by atoms with Crippen molar-refractivity contribution in [2.75, 3.05) is 6.54 Å². The molecular formula is C17H16Cl2N2O2. The third-order valence-corrected chi connectivity index (χ3v) is 3.72. The third kappa shape index (κ3) is 4.71. The summed E-state index contributed by atoms with van der Waals surface area (Å²) in [6.07, 6.45) is 0. The van der Waals surface area contributed by atoms with Gasteiger partial charge in [0.05, 0.1) is 10.6 Å². The van der Waals surface area contributed by atoms with Crippen molar-refractivity contribution in [3.63, 3.8) is 0 Å². The summed E-state index contributed by atoms with van der Waals surface area (Å²) in [5.74, 6) is -0.459. The zero-order valence-corrected chi connectivity index (χ0v) is 14.0. The van der Waals surface area contributed by atoms with E-state index in [9.17, 15) is 9.59 Å². The van der Waals surface area contributed by atoms with Crippen LogP contribution in [-0.2, 0) is 6.54 Å². The lowest BCUT2D eigenvalue weighted by molar-refractivity contribution is 0.0947. The maximum atomic E-state index is 12.2. The van der Waals surface area contributed by atoms with Gasteiger partial charge in [0.25, 0.3) is 11.8 Å². The first-order valence-electron chi connectivity index (χ1n) is 7.11. The van der Waals surface area contributed by atoms with Crippen LogP contribution in [0.5, 0.6) is 0 Å². The number of benzene rings is 2. The Morgan fingerprint density at radius 2 is 1.78 bits per heavy atom. The van der Waals surface area contributed by atoms with E-state index in [1.807, 2.05) is 13.0 Å². The molecule has 0 atom stereocenters. The van der Waals surface area contributed by atoms with E-state index >= 15 is 0 Å². The van der Waals surface area contributed by atoms with Crippen molar-refractivity contribution in [2.45, 2.75) is 13.5 Å². The van der Waals surface area contributed by atoms with Crippen LogP contribution in [-0.4, -0.2) is 18.4 Å². The Balaban J connectivity index is 2.06. The van der Waals surface area contributed by atoms with Crippen LogP contribution in [0.2, 0.25) is 10.0 Å². The first kappa shape index (κ1) is 17.3. The second kappa shape index (κ2) is 7.99. The van der Waals surface area contributed by atoms with Crippen LogP contribution in [0.3, 0.4) is 0 Å². The van der Waals surface area contributed by atoms with Crippen LogP contribution >= 0.6 is 23.2 Å². The van der Waals surface area contributed by atoms with Crippen molar-refractivity contribution in [1.29, 1.82) is 0 Å². The van der Waals surface area contributed by atoms with Gasteiger partial charge in [-0.25, -0.2) is 0 Å². The van der Waals surface area contributed by atoms with Crippen molar-refractivity contribution in [3.8, 4) is 0 Å². The van der Waals surface area contributed by atoms with Gasteiger partial charge in [-0.1, -0.05) is 35.3 Å². The second-order valence-corrected chi connectivity index (χ2v) is 5.71. The number of nitrogens with one attached hydrogen (secondary N) is 2. The van der Waals surface area contributed by atoms with Crippen LogP contribution in [0.15, 0.2) is 42.5 Å². The SMILES string of the molecule is CCNC(=O)c1cccc(CNC(=O)c2cc(Cl)ccc2Cl)c1. The topological polar surface area (TPSA) is 58.2 Å². The second-order valence-electron chi connectivity index (χ2n) is 4.87. The summed E-state index contributed by atoms with van der Waals surface area (Å²) in [7, 11) is 0. The van der Waals surface area contributed by atoms with Gasteiger partial charge in [-0.15, -0.1) is 0 Å². The first-order chi connectivity index (χ1) is 11.0. The fraction of sp³-hybridized carbons (Fsp3) is 0.176. The molecule has 0 spiro atoms. The highest BCUT2D eigenvalue weighted by Crippen LogP contribution is 2.20. The smallest absolute Gasteiger partial charge is 0.253 e. The first-order valence-corrected chi connectivity index (χ1v) is 7.87. The molecule has 0 aromatic heterocycles. The molecule has 2 N–H and O–H groups in total. The highest BCUT2D eigenvalue weighted by molar-refractivity contribution is 6.35. The molecule has 0 radical (unpaired) electrons. The lowest BCUT2D eigenvalue weighted by Crippen LogP contribution is -2.24. The highest BCUT2D eigenvalue weighted by atomic mass is 35.5. The van der Waals surface area contributed by atoms with E-state index in [2.05, 4.69) is 10.6 Å². The molecule has 0 saturated heterocycles. The minimum Gasteiger partial charge on any atom is -0.352 e. The minimum atomic E-state index is -0.319. The third-order valence-electron chi connectivity index (χ3n) is 3.15. The largest absolute Gasteiger partial charge is 0.352 e. The molecule has 0 aliphatic rings. The Labute approximate surface area is 144 Å². The van der Waals surface area contributed by atoms with Crippen molar-refractivity contribution in [2.24, 2.45) is 0 Å². The Morgan fingerprint density at radius 3 is 2.52 bits per heavy atom. The summed E-state index contributed by atoms with van der Waals surface area (Å²) in [5.41, 5.74) is 1.69. The molecule has 4 nitrogen and oxygen atoms in total. The molecule has 0 aliphatic carbocycles. The molecule has 120 valence electrons. The maximum absolute atomic E-state index is 12.2. The Morgan fingerprint density at radius 1 is 1.00 bits per heavy atom. The predicted octanol–water partition coefficient (Wildman–Crippen LogP) is 3.67. The van der Waals surface area contributed by atoms with E-state index in [1.54, 1.807) is 30.3 Å². The molecule has 2 amide bonds. The molecule has 0 heterocycles. The van der Waals surface area contributed by atoms with Crippen LogP contribution in [0.25, 0.3) is 0 Å². The van der Waals surface area contributed by atoms with E-state index in [-0.39, 0.29) is 18.4 Å². The standard InChI is InChI=1S/C17H16Cl2N2O2/c1-2-20-16(22)12-5-3-4-11(8-12)10-21-17(23)14-9-13(18)6-7-15(14)19/h3-9H,2,10H2,1H3,(H,20,22)(H,21,23). The number of carbonyl (C=O) groups excluding carboxylic acids is 2. The Kier molecular flexibility index (Phi) is 6.02. The van der Waals surface area contributed by atoms with Crippen molar-refractivity contribution < 1.29 is 9.59 Å². The number of amides is 2. The van der Waals surface area contributed by atoms with Gasteiger partial charge in [0, 0.05) is 23.7 Å². The summed E-state index contributed by atoms with van der Waals surface area (Å²) >= 11 is 11.9. The molecule has 2 rings (SSSR count). The van der Waals surface area contributed by atoms with E-state index in [0.29, 0.717) is 27.7 Å². The van der Waals surface area contributed by atoms with Crippen LogP contribution in [0.1, 0.15) is 33.2 Å². The number of carbonyl (C=O) groups is 2. The average molecular weight is 351 g/mol. The summed E-state index contributed by atoms with van der Waals surface area (Å²) in [4.78, 5) is 24.0. The van der Waals surface area contributed by atoms with Gasteiger partial charge in [0.2, 0.25) is 0 Å². The Hall–Kier alpha value is -2.04. The Bertz CT molecular complexity index is 732. The molecule has 23 heavy (non-hydrogen) atoms. The fourth-order valence-electron chi connectivity index (χ4n) is 2.03. The molecule has 0 aliphatic heterocycles. The normalized spacial score (nSPS) is 10.2. The maximum Gasteiger partial charge on any atom is 0.253 e. The molecule has 2 aromatic carbocycles. The van der Waals surface area contributed by atoms with Gasteiger partial charge in [0.15, 0.2) is 0 Å². The number of halogens is 2. The summed E-state index contributed by atoms with van der Waals surface area (Å²) in [6, 6.07) is 11.8. The minimum absolute atomic E-state index is 0.140. The van der Waals surface area contributed by atoms with Crippen LogP contribution < -0.4 is 10.6 Å². The monoisotopic (exact) mass is 350 g/mol. The van der Waals surface area contributed by atoms with Crippen LogP contribution in [0, 0.1) is 0 Å². The van der Waals surface area contributed by atoms with Crippen LogP contribution in [0.4, 0.5) is 0 Å². The molecular weight excluding hydrogens is 335 g/mol. The highest BCUT2D eigenvalue weighted by Gasteiger charge is 2.11. The van der Waals surface area contributed by atoms with Gasteiger partial charge in [0.1, 0.15) is 0 Å². The van der Waals surface area contributed by atoms with Crippen molar-refractivity contribution in [1.82, 2.24) is 10.6 Å². The molecule has 0 bridgehead atoms. The average Bonchev–Trinajstić information content (AvgIpc) is 2.55. The number of hydrogen-bond donors (Lipinski definition) is 2. The van der Waals surface area contributed by atoms with Gasteiger partial charge in [-0.3, -0.25) is 9.59 Å². The molecule has 0 fully saturated rings. The molecule has 0 saturated carbocycles. The van der Waals surface area contributed by atoms with E-state index < -0.39 is 0 Å². The lowest BCUT2D eigenvalue weighted by atomic mass is 10.1. The summed E-state index contributed by atoms with van der Waals surface area (Å²) < 4.78 is 0. The molecule has 6 heteroatoms.